The lowest BCUT2D eigenvalue weighted by atomic mass is 10.2. The van der Waals surface area contributed by atoms with Crippen molar-refractivity contribution in [1.29, 1.82) is 0 Å². The Bertz CT molecular complexity index is 587. The van der Waals surface area contributed by atoms with Crippen LogP contribution in [-0.4, -0.2) is 39.7 Å². The fraction of sp³-hybridized carbons (Fsp3) is 0.286. The number of pyridine rings is 1. The third-order valence-corrected chi connectivity index (χ3v) is 4.22. The Kier molecular flexibility index (Phi) is 5.46. The van der Waals surface area contributed by atoms with Crippen molar-refractivity contribution in [3.8, 4) is 0 Å². The molecule has 2 heterocycles. The lowest BCUT2D eigenvalue weighted by Crippen LogP contribution is -2.29. The molecule has 110 valence electrons. The van der Waals surface area contributed by atoms with Gasteiger partial charge in [0.15, 0.2) is 0 Å². The van der Waals surface area contributed by atoms with Crippen LogP contribution in [0, 0.1) is 0 Å². The number of carbonyl (C=O) groups excluding carboxylic acids is 2. The molecule has 1 amide bonds. The minimum Gasteiger partial charge on any atom is -0.469 e. The van der Waals surface area contributed by atoms with Gasteiger partial charge in [-0.3, -0.25) is 19.5 Å². The summed E-state index contributed by atoms with van der Waals surface area (Å²) in [7, 11) is 1.35. The lowest BCUT2D eigenvalue weighted by Gasteiger charge is -2.13. The predicted octanol–water partition coefficient (Wildman–Crippen LogP) is 2.24. The number of carbonyl (C=O) groups is 2. The van der Waals surface area contributed by atoms with Crippen molar-refractivity contribution in [2.24, 2.45) is 0 Å². The normalized spacial score (nSPS) is 16.6. The zero-order valence-corrected chi connectivity index (χ0v) is 13.1. The molecule has 0 saturated carbocycles. The Morgan fingerprint density at radius 2 is 2.38 bits per heavy atom. The molecule has 1 aromatic heterocycles. The minimum absolute atomic E-state index is 0.126. The van der Waals surface area contributed by atoms with Crippen LogP contribution in [0.1, 0.15) is 18.4 Å². The molecular weight excluding hydrogens is 308 g/mol. The van der Waals surface area contributed by atoms with Crippen LogP contribution in [0.5, 0.6) is 0 Å². The van der Waals surface area contributed by atoms with Crippen molar-refractivity contribution in [3.05, 3.63) is 35.0 Å². The van der Waals surface area contributed by atoms with Crippen LogP contribution < -0.4 is 0 Å². The molecular formula is C14H14N2O3S2. The highest BCUT2D eigenvalue weighted by Gasteiger charge is 2.31. The van der Waals surface area contributed by atoms with Gasteiger partial charge in [0.05, 0.1) is 12.0 Å². The van der Waals surface area contributed by atoms with Gasteiger partial charge in [0.2, 0.25) is 0 Å². The summed E-state index contributed by atoms with van der Waals surface area (Å²) in [5.74, 6) is -0.412. The quantitative estimate of drug-likeness (QED) is 0.471. The van der Waals surface area contributed by atoms with Crippen LogP contribution in [0.4, 0.5) is 0 Å². The molecule has 5 nitrogen and oxygen atoms in total. The number of hydrogen-bond acceptors (Lipinski definition) is 6. The topological polar surface area (TPSA) is 59.5 Å². The maximum atomic E-state index is 12.3. The molecule has 0 N–H and O–H groups in total. The van der Waals surface area contributed by atoms with Crippen molar-refractivity contribution in [3.63, 3.8) is 0 Å². The van der Waals surface area contributed by atoms with Crippen molar-refractivity contribution in [2.45, 2.75) is 12.8 Å². The van der Waals surface area contributed by atoms with Gasteiger partial charge in [0.25, 0.3) is 5.91 Å². The van der Waals surface area contributed by atoms with E-state index in [1.165, 1.54) is 23.8 Å². The van der Waals surface area contributed by atoms with Crippen molar-refractivity contribution >= 4 is 46.3 Å². The zero-order chi connectivity index (χ0) is 15.2. The number of ether oxygens (including phenoxy) is 1. The van der Waals surface area contributed by atoms with Crippen LogP contribution in [0.3, 0.4) is 0 Å². The van der Waals surface area contributed by atoms with E-state index in [-0.39, 0.29) is 18.3 Å². The van der Waals surface area contributed by atoms with Crippen molar-refractivity contribution in [1.82, 2.24) is 9.88 Å². The van der Waals surface area contributed by atoms with E-state index in [4.69, 9.17) is 12.2 Å². The standard InChI is InChI=1S/C14H14N2O3S2/c1-19-12(17)5-3-7-16-13(18)11(21-14(16)20)8-10-4-2-6-15-9-10/h2,4,6,8-9H,3,5,7H2,1H3. The number of methoxy groups -OCH3 is 1. The second kappa shape index (κ2) is 7.33. The summed E-state index contributed by atoms with van der Waals surface area (Å²) in [6, 6.07) is 3.68. The van der Waals surface area contributed by atoms with E-state index in [0.717, 1.165) is 5.56 Å². The molecule has 1 aliphatic rings. The van der Waals surface area contributed by atoms with Gasteiger partial charge >= 0.3 is 5.97 Å². The van der Waals surface area contributed by atoms with E-state index in [1.54, 1.807) is 18.5 Å². The van der Waals surface area contributed by atoms with Crippen LogP contribution in [0.15, 0.2) is 29.4 Å². The molecule has 2 rings (SSSR count). The lowest BCUT2D eigenvalue weighted by molar-refractivity contribution is -0.141. The van der Waals surface area contributed by atoms with Gasteiger partial charge in [-0.05, 0) is 24.1 Å². The average molecular weight is 322 g/mol. The van der Waals surface area contributed by atoms with Crippen LogP contribution in [0.25, 0.3) is 6.08 Å². The van der Waals surface area contributed by atoms with Crippen molar-refractivity contribution < 1.29 is 14.3 Å². The molecule has 0 radical (unpaired) electrons. The second-order valence-electron chi connectivity index (χ2n) is 4.30. The third kappa shape index (κ3) is 4.12. The molecule has 0 aromatic carbocycles. The fourth-order valence-electron chi connectivity index (χ4n) is 1.79. The highest BCUT2D eigenvalue weighted by Crippen LogP contribution is 2.32. The zero-order valence-electron chi connectivity index (χ0n) is 11.4. The number of amides is 1. The number of rotatable bonds is 5. The molecule has 1 aliphatic heterocycles. The summed E-state index contributed by atoms with van der Waals surface area (Å²) >= 11 is 6.48. The Labute approximate surface area is 132 Å². The summed E-state index contributed by atoms with van der Waals surface area (Å²) in [5.41, 5.74) is 0.854. The first kappa shape index (κ1) is 15.7. The number of thiocarbonyl (C=S) groups is 1. The van der Waals surface area contributed by atoms with Gasteiger partial charge in [-0.2, -0.15) is 0 Å². The summed E-state index contributed by atoms with van der Waals surface area (Å²) in [6.45, 7) is 0.421. The number of aromatic nitrogens is 1. The Hall–Kier alpha value is -1.73. The van der Waals surface area contributed by atoms with E-state index in [0.29, 0.717) is 22.2 Å². The molecule has 1 saturated heterocycles. The van der Waals surface area contributed by atoms with E-state index in [2.05, 4.69) is 9.72 Å². The van der Waals surface area contributed by atoms with Gasteiger partial charge in [-0.1, -0.05) is 30.0 Å². The summed E-state index contributed by atoms with van der Waals surface area (Å²) in [6.07, 6.45) is 5.93. The van der Waals surface area contributed by atoms with E-state index >= 15 is 0 Å². The minimum atomic E-state index is -0.286. The van der Waals surface area contributed by atoms with Crippen molar-refractivity contribution in [2.75, 3.05) is 13.7 Å². The SMILES string of the molecule is COC(=O)CCCN1C(=O)C(=Cc2cccnc2)SC1=S. The summed E-state index contributed by atoms with van der Waals surface area (Å²) < 4.78 is 5.08. The van der Waals surface area contributed by atoms with Gasteiger partial charge < -0.3 is 4.74 Å². The monoisotopic (exact) mass is 322 g/mol. The Morgan fingerprint density at radius 3 is 3.05 bits per heavy atom. The van der Waals surface area contributed by atoms with Crippen LogP contribution >= 0.6 is 24.0 Å². The number of nitrogens with zero attached hydrogens (tertiary/aromatic N) is 2. The van der Waals surface area contributed by atoms with Gasteiger partial charge in [0, 0.05) is 25.4 Å². The molecule has 0 unspecified atom stereocenters. The van der Waals surface area contributed by atoms with Gasteiger partial charge in [-0.25, -0.2) is 0 Å². The molecule has 0 atom stereocenters. The van der Waals surface area contributed by atoms with E-state index in [1.807, 2.05) is 12.1 Å². The molecule has 0 bridgehead atoms. The van der Waals surface area contributed by atoms with Crippen LogP contribution in [-0.2, 0) is 14.3 Å². The van der Waals surface area contributed by atoms with Gasteiger partial charge in [-0.15, -0.1) is 0 Å². The molecule has 1 fully saturated rings. The Balaban J connectivity index is 2.00. The number of esters is 1. The average Bonchev–Trinajstić information content (AvgIpc) is 2.75. The maximum absolute atomic E-state index is 12.3. The highest BCUT2D eigenvalue weighted by atomic mass is 32.2. The number of hydrogen-bond donors (Lipinski definition) is 0. The van der Waals surface area contributed by atoms with E-state index < -0.39 is 0 Å². The summed E-state index contributed by atoms with van der Waals surface area (Å²) in [4.78, 5) is 29.4. The third-order valence-electron chi connectivity index (χ3n) is 2.85. The predicted molar refractivity (Wildman–Crippen MR) is 85.4 cm³/mol. The first-order valence-electron chi connectivity index (χ1n) is 6.34. The first-order chi connectivity index (χ1) is 10.1. The largest absolute Gasteiger partial charge is 0.469 e. The fourth-order valence-corrected chi connectivity index (χ4v) is 3.10. The smallest absolute Gasteiger partial charge is 0.305 e. The van der Waals surface area contributed by atoms with Crippen LogP contribution in [0.2, 0.25) is 0 Å². The highest BCUT2D eigenvalue weighted by molar-refractivity contribution is 8.26. The second-order valence-corrected chi connectivity index (χ2v) is 5.98. The molecule has 0 aliphatic carbocycles. The van der Waals surface area contributed by atoms with Gasteiger partial charge in [0.1, 0.15) is 4.32 Å². The Morgan fingerprint density at radius 1 is 1.57 bits per heavy atom. The maximum Gasteiger partial charge on any atom is 0.305 e. The molecule has 0 spiro atoms. The molecule has 21 heavy (non-hydrogen) atoms. The van der Waals surface area contributed by atoms with E-state index in [9.17, 15) is 9.59 Å². The molecule has 7 heteroatoms. The molecule has 1 aromatic rings. The first-order valence-corrected chi connectivity index (χ1v) is 7.56. The number of thioether (sulfide) groups is 1. The summed E-state index contributed by atoms with van der Waals surface area (Å²) in [5, 5.41) is 0.